The standard InChI is InChI=1S/C23H39N5O7.C21H35N5O6.4CH2O/c1-18(31)24-20-4-2-19(3-5-20)12-21-13-27(14-22(32)33)9-8-25(16-29)6-7-26(17-30)10-11-28(21)15-23(34)35;22-18-3-1-17(2-4-18)11-19-12-25(13-20(29)30)8-7-23(15-27)5-6-24(16-28)9-10-26(19)14-21(31)32;4*1-2/h2-5,18,21,24,29-31H,6-17H2,1H3,(H,32,33)(H,34,35);1-4,19,27-28H,5-16,22H2,(H,29,30)(H,31,32);4*1H2. The Labute approximate surface area is 438 Å². The first kappa shape index (κ1) is 71.2. The summed E-state index contributed by atoms with van der Waals surface area (Å²) in [6, 6.07) is 14.2. The van der Waals surface area contributed by atoms with Gasteiger partial charge in [0.05, 0.1) is 53.1 Å². The SMILES string of the molecule is C=O.C=O.C=O.C=O.CC(O)Nc1ccc(CC2CN(CC(=O)O)CCN(CO)CCN(CO)CCN2CC(=O)O)cc1.Nc1ccc(CC2CN(CC(=O)O)CCN(CO)CCN(CO)CCN2CC(=O)O)cc1. The lowest BCUT2D eigenvalue weighted by atomic mass is 10.0. The van der Waals surface area contributed by atoms with Crippen LogP contribution in [0.3, 0.4) is 0 Å². The van der Waals surface area contributed by atoms with Crippen LogP contribution in [0.5, 0.6) is 0 Å². The summed E-state index contributed by atoms with van der Waals surface area (Å²) < 4.78 is 0. The Morgan fingerprint density at radius 1 is 0.480 bits per heavy atom. The third kappa shape index (κ3) is 32.2. The summed E-state index contributed by atoms with van der Waals surface area (Å²) in [5.74, 6) is -3.89. The highest BCUT2D eigenvalue weighted by atomic mass is 16.4. The number of hydrogen-bond donors (Lipinski definition) is 11. The molecule has 426 valence electrons. The van der Waals surface area contributed by atoms with Crippen molar-refractivity contribution in [2.24, 2.45) is 0 Å². The Balaban J connectivity index is 0. The second-order valence-electron chi connectivity index (χ2n) is 17.0. The first-order valence-electron chi connectivity index (χ1n) is 23.7. The number of anilines is 2. The van der Waals surface area contributed by atoms with Crippen molar-refractivity contribution in [3.05, 3.63) is 59.7 Å². The van der Waals surface area contributed by atoms with Crippen molar-refractivity contribution in [1.82, 2.24) is 39.2 Å². The number of carbonyl (C=O) groups excluding carboxylic acids is 4. The number of hydrogen-bond acceptors (Lipinski definition) is 23. The molecule has 2 aromatic carbocycles. The fourth-order valence-corrected chi connectivity index (χ4v) is 8.06. The van der Waals surface area contributed by atoms with Crippen molar-refractivity contribution in [2.45, 2.75) is 38.1 Å². The Bertz CT molecular complexity index is 1820. The minimum Gasteiger partial charge on any atom is -0.480 e. The van der Waals surface area contributed by atoms with Crippen LogP contribution in [0.25, 0.3) is 0 Å². The van der Waals surface area contributed by atoms with E-state index in [1.165, 1.54) is 0 Å². The molecule has 27 nitrogen and oxygen atoms in total. The number of rotatable bonds is 18. The predicted molar refractivity (Wildman–Crippen MR) is 277 cm³/mol. The molecule has 2 aliphatic heterocycles. The predicted octanol–water partition coefficient (Wildman–Crippen LogP) is -3.63. The zero-order valence-corrected chi connectivity index (χ0v) is 43.1. The Morgan fingerprint density at radius 3 is 1.01 bits per heavy atom. The van der Waals surface area contributed by atoms with Gasteiger partial charge in [-0.3, -0.25) is 58.4 Å². The fraction of sp³-hybridized carbons (Fsp3) is 0.583. The molecule has 3 unspecified atom stereocenters. The van der Waals surface area contributed by atoms with E-state index in [1.807, 2.05) is 73.4 Å². The first-order chi connectivity index (χ1) is 36.0. The highest BCUT2D eigenvalue weighted by molar-refractivity contribution is 5.70. The molecule has 27 heteroatoms. The third-order valence-electron chi connectivity index (χ3n) is 11.8. The van der Waals surface area contributed by atoms with Crippen LogP contribution in [-0.4, -0.2) is 299 Å². The van der Waals surface area contributed by atoms with Crippen LogP contribution in [-0.2, 0) is 51.2 Å². The minimum atomic E-state index is -0.981. The van der Waals surface area contributed by atoms with Crippen LogP contribution < -0.4 is 11.1 Å². The van der Waals surface area contributed by atoms with Crippen molar-refractivity contribution in [3.8, 4) is 0 Å². The molecule has 0 radical (unpaired) electrons. The number of aliphatic hydroxyl groups is 5. The van der Waals surface area contributed by atoms with Gasteiger partial charge in [-0.2, -0.15) is 0 Å². The van der Waals surface area contributed by atoms with Gasteiger partial charge in [-0.25, -0.2) is 0 Å². The van der Waals surface area contributed by atoms with E-state index in [-0.39, 0.29) is 65.2 Å². The second kappa shape index (κ2) is 43.3. The molecule has 2 aliphatic rings. The maximum atomic E-state index is 11.7. The number of aliphatic hydroxyl groups excluding tert-OH is 5. The zero-order valence-electron chi connectivity index (χ0n) is 43.1. The van der Waals surface area contributed by atoms with Gasteiger partial charge in [-0.1, -0.05) is 24.3 Å². The first-order valence-corrected chi connectivity index (χ1v) is 23.7. The van der Waals surface area contributed by atoms with Gasteiger partial charge in [-0.05, 0) is 55.2 Å². The van der Waals surface area contributed by atoms with Crippen LogP contribution in [0.1, 0.15) is 18.1 Å². The number of carboxylic acids is 4. The quantitative estimate of drug-likeness (QED) is 0.0507. The summed E-state index contributed by atoms with van der Waals surface area (Å²) in [5.41, 5.74) is 9.08. The molecule has 0 aromatic heterocycles. The van der Waals surface area contributed by atoms with Gasteiger partial charge in [0.2, 0.25) is 0 Å². The van der Waals surface area contributed by atoms with Crippen molar-refractivity contribution in [1.29, 1.82) is 0 Å². The average Bonchev–Trinajstić information content (AvgIpc) is 3.39. The summed E-state index contributed by atoms with van der Waals surface area (Å²) in [6.45, 7) is 14.1. The molecule has 12 N–H and O–H groups in total. The Morgan fingerprint density at radius 2 is 0.747 bits per heavy atom. The molecule has 0 spiro atoms. The smallest absolute Gasteiger partial charge is 0.317 e. The average molecular weight is 1070 g/mol. The van der Waals surface area contributed by atoms with Crippen LogP contribution in [0, 0.1) is 0 Å². The molecule has 2 aromatic rings. The Hall–Kier alpha value is -5.92. The lowest BCUT2D eigenvalue weighted by molar-refractivity contribution is -0.141. The molecule has 75 heavy (non-hydrogen) atoms. The van der Waals surface area contributed by atoms with Crippen molar-refractivity contribution >= 4 is 62.4 Å². The zero-order chi connectivity index (χ0) is 57.3. The number of aliphatic carboxylic acids is 4. The summed E-state index contributed by atoms with van der Waals surface area (Å²) in [6.07, 6.45) is 0.309. The number of nitrogens with one attached hydrogen (secondary N) is 1. The number of carboxylic acid groups (broad SMARTS) is 4. The highest BCUT2D eigenvalue weighted by Gasteiger charge is 2.28. The molecular weight excluding hydrogens is 989 g/mol. The van der Waals surface area contributed by atoms with E-state index in [9.17, 15) is 65.1 Å². The maximum absolute atomic E-state index is 11.7. The topological polar surface area (TPSA) is 383 Å². The molecule has 2 saturated heterocycles. The number of benzene rings is 2. The van der Waals surface area contributed by atoms with Gasteiger partial charge in [0, 0.05) is 115 Å². The van der Waals surface area contributed by atoms with E-state index in [0.717, 1.165) is 16.8 Å². The van der Waals surface area contributed by atoms with E-state index in [1.54, 1.807) is 48.5 Å². The summed E-state index contributed by atoms with van der Waals surface area (Å²) >= 11 is 0. The molecule has 0 bridgehead atoms. The van der Waals surface area contributed by atoms with Gasteiger partial charge in [0.1, 0.15) is 33.4 Å². The van der Waals surface area contributed by atoms with Crippen LogP contribution in [0.2, 0.25) is 0 Å². The van der Waals surface area contributed by atoms with E-state index in [0.29, 0.717) is 110 Å². The molecule has 0 saturated carbocycles. The lowest BCUT2D eigenvalue weighted by Crippen LogP contribution is -2.53. The van der Waals surface area contributed by atoms with Crippen LogP contribution in [0.4, 0.5) is 11.4 Å². The van der Waals surface area contributed by atoms with Gasteiger partial charge >= 0.3 is 23.9 Å². The summed E-state index contributed by atoms with van der Waals surface area (Å²) in [4.78, 5) is 92.7. The molecule has 3 atom stereocenters. The normalized spacial score (nSPS) is 19.0. The van der Waals surface area contributed by atoms with E-state index >= 15 is 0 Å². The number of nitrogens with two attached hydrogens (primary N) is 1. The summed E-state index contributed by atoms with van der Waals surface area (Å²) in [7, 11) is 0. The maximum Gasteiger partial charge on any atom is 0.317 e. The van der Waals surface area contributed by atoms with E-state index in [2.05, 4.69) is 5.32 Å². The van der Waals surface area contributed by atoms with Gasteiger partial charge in [0.25, 0.3) is 0 Å². The highest BCUT2D eigenvalue weighted by Crippen LogP contribution is 2.17. The van der Waals surface area contributed by atoms with Gasteiger partial charge in [0.15, 0.2) is 0 Å². The molecule has 2 heterocycles. The minimum absolute atomic E-state index is 0.166. The molecule has 4 rings (SSSR count). The lowest BCUT2D eigenvalue weighted by Gasteiger charge is -2.37. The van der Waals surface area contributed by atoms with Gasteiger partial charge < -0.3 is 76.2 Å². The molecule has 0 aliphatic carbocycles. The number of nitrogens with zero attached hydrogens (tertiary/aromatic N) is 8. The number of carbonyl (C=O) groups is 8. The third-order valence-corrected chi connectivity index (χ3v) is 11.8. The monoisotopic (exact) mass is 1070 g/mol. The second-order valence-corrected chi connectivity index (χ2v) is 17.0. The largest absolute Gasteiger partial charge is 0.480 e. The molecule has 2 fully saturated rings. The summed E-state index contributed by atoms with van der Waals surface area (Å²) in [5, 5.41) is 89.2. The number of nitrogen functional groups attached to an aromatic ring is 1. The van der Waals surface area contributed by atoms with Crippen LogP contribution >= 0.6 is 0 Å². The van der Waals surface area contributed by atoms with Gasteiger partial charge in [-0.15, -0.1) is 0 Å². The van der Waals surface area contributed by atoms with Crippen molar-refractivity contribution in [3.63, 3.8) is 0 Å². The molecule has 0 amide bonds. The van der Waals surface area contributed by atoms with E-state index in [4.69, 9.17) is 24.9 Å². The van der Waals surface area contributed by atoms with Crippen molar-refractivity contribution < 1.29 is 84.3 Å². The fourth-order valence-electron chi connectivity index (χ4n) is 8.06. The van der Waals surface area contributed by atoms with Crippen molar-refractivity contribution in [2.75, 3.05) is 156 Å². The Kier molecular flexibility index (Phi) is 41.1. The van der Waals surface area contributed by atoms with Crippen LogP contribution in [0.15, 0.2) is 48.5 Å². The molecular formula is C48H82N10O17. The van der Waals surface area contributed by atoms with E-state index < -0.39 is 30.1 Å².